The van der Waals surface area contributed by atoms with E-state index in [9.17, 15) is 17.9 Å². The summed E-state index contributed by atoms with van der Waals surface area (Å²) in [5.41, 5.74) is 0. The number of halogens is 2. The van der Waals surface area contributed by atoms with Gasteiger partial charge in [-0.15, -0.1) is 0 Å². The van der Waals surface area contributed by atoms with Crippen LogP contribution in [0.3, 0.4) is 0 Å². The van der Waals surface area contributed by atoms with Crippen molar-refractivity contribution < 1.29 is 40.3 Å². The van der Waals surface area contributed by atoms with Gasteiger partial charge >= 0.3 is 15.6 Å². The molecule has 100 valence electrons. The highest BCUT2D eigenvalue weighted by atomic mass is 31.3. The Morgan fingerprint density at radius 1 is 0.824 bits per heavy atom. The van der Waals surface area contributed by atoms with Crippen LogP contribution in [0.4, 0.5) is 8.78 Å². The molecular weight excluding hydrogens is 284 g/mol. The summed E-state index contributed by atoms with van der Waals surface area (Å²) < 4.78 is 71.1. The zero-order valence-electron chi connectivity index (χ0n) is 8.49. The van der Waals surface area contributed by atoms with Gasteiger partial charge in [0, 0.05) is 0 Å². The average Bonchev–Trinajstić information content (AvgIpc) is 2.28. The highest BCUT2D eigenvalue weighted by Crippen LogP contribution is 2.67. The fourth-order valence-corrected chi connectivity index (χ4v) is 4.34. The molecule has 11 heteroatoms. The summed E-state index contributed by atoms with van der Waals surface area (Å²) in [6.45, 7) is -2.04. The molecule has 2 saturated heterocycles. The molecule has 0 aromatic carbocycles. The first-order valence-electron chi connectivity index (χ1n) is 4.68. The van der Waals surface area contributed by atoms with E-state index in [2.05, 4.69) is 22.4 Å². The van der Waals surface area contributed by atoms with Crippen LogP contribution in [-0.2, 0) is 31.5 Å². The van der Waals surface area contributed by atoms with Crippen LogP contribution in [-0.4, -0.2) is 38.8 Å². The van der Waals surface area contributed by atoms with Gasteiger partial charge < -0.3 is 0 Å². The molecule has 7 nitrogen and oxygen atoms in total. The van der Waals surface area contributed by atoms with E-state index >= 15 is 0 Å². The lowest BCUT2D eigenvalue weighted by atomic mass is 10.4. The first-order valence-corrected chi connectivity index (χ1v) is 7.61. The third kappa shape index (κ3) is 3.54. The third-order valence-corrected chi connectivity index (χ3v) is 5.32. The van der Waals surface area contributed by atoms with Crippen LogP contribution in [0.25, 0.3) is 0 Å². The standard InChI is InChI=1S/C6H10F2O7P2/c7-5-1-11-16(9,12-2-5)15-17(10)13-3-6(8)4-14-17/h5-6H,1-4H2. The summed E-state index contributed by atoms with van der Waals surface area (Å²) in [5.74, 6) is 0. The van der Waals surface area contributed by atoms with Crippen molar-refractivity contribution in [2.45, 2.75) is 12.3 Å². The molecule has 0 N–H and O–H groups in total. The lowest BCUT2D eigenvalue weighted by Crippen LogP contribution is -2.25. The van der Waals surface area contributed by atoms with Gasteiger partial charge in [0.25, 0.3) is 0 Å². The van der Waals surface area contributed by atoms with Gasteiger partial charge in [0.2, 0.25) is 0 Å². The summed E-state index contributed by atoms with van der Waals surface area (Å²) in [5, 5.41) is 0. The van der Waals surface area contributed by atoms with Gasteiger partial charge in [-0.05, 0) is 0 Å². The second-order valence-corrected chi connectivity index (χ2v) is 6.83. The minimum atomic E-state index is -4.18. The molecule has 17 heavy (non-hydrogen) atoms. The average molecular weight is 294 g/mol. The van der Waals surface area contributed by atoms with Crippen LogP contribution in [0.5, 0.6) is 0 Å². The monoisotopic (exact) mass is 294 g/mol. The molecule has 2 heterocycles. The van der Waals surface area contributed by atoms with E-state index in [4.69, 9.17) is 0 Å². The Bertz CT molecular complexity index is 319. The Balaban J connectivity index is 1.96. The maximum absolute atomic E-state index is 12.6. The lowest BCUT2D eigenvalue weighted by Gasteiger charge is -2.29. The van der Waals surface area contributed by atoms with E-state index in [1.807, 2.05) is 0 Å². The summed E-state index contributed by atoms with van der Waals surface area (Å²) in [6.07, 6.45) is -2.88. The molecule has 2 aliphatic rings. The third-order valence-electron chi connectivity index (χ3n) is 1.85. The number of alkyl halides is 2. The van der Waals surface area contributed by atoms with E-state index < -0.39 is 54.4 Å². The van der Waals surface area contributed by atoms with E-state index in [0.717, 1.165) is 0 Å². The zero-order chi connectivity index (χ0) is 12.5. The quantitative estimate of drug-likeness (QED) is 0.720. The van der Waals surface area contributed by atoms with Gasteiger partial charge in [-0.25, -0.2) is 17.9 Å². The van der Waals surface area contributed by atoms with Crippen LogP contribution in [0.15, 0.2) is 0 Å². The van der Waals surface area contributed by atoms with E-state index in [-0.39, 0.29) is 0 Å². The van der Waals surface area contributed by atoms with E-state index in [1.165, 1.54) is 0 Å². The highest BCUT2D eigenvalue weighted by Gasteiger charge is 2.46. The van der Waals surface area contributed by atoms with Crippen LogP contribution in [0.1, 0.15) is 0 Å². The Hall–Kier alpha value is 0.120. The molecule has 0 unspecified atom stereocenters. The van der Waals surface area contributed by atoms with Crippen LogP contribution in [0.2, 0.25) is 0 Å². The van der Waals surface area contributed by atoms with Crippen molar-refractivity contribution in [1.82, 2.24) is 0 Å². The van der Waals surface area contributed by atoms with Crippen molar-refractivity contribution in [3.8, 4) is 0 Å². The molecule has 0 radical (unpaired) electrons. The van der Waals surface area contributed by atoms with Gasteiger partial charge in [-0.3, -0.25) is 18.1 Å². The number of phosphoric acid groups is 2. The minimum absolute atomic E-state index is 0.511. The smallest absolute Gasteiger partial charge is 0.283 e. The Morgan fingerprint density at radius 3 is 1.41 bits per heavy atom. The van der Waals surface area contributed by atoms with Crippen molar-refractivity contribution in [1.29, 1.82) is 0 Å². The largest absolute Gasteiger partial charge is 0.483 e. The number of rotatable bonds is 2. The predicted molar refractivity (Wildman–Crippen MR) is 49.9 cm³/mol. The Labute approximate surface area is 95.6 Å². The SMILES string of the molecule is O=P1(OP2(=O)OCC(F)CO2)OCC(F)CO1. The highest BCUT2D eigenvalue weighted by molar-refractivity contribution is 7.62. The fourth-order valence-electron chi connectivity index (χ4n) is 1.08. The van der Waals surface area contributed by atoms with Crippen molar-refractivity contribution in [3.05, 3.63) is 0 Å². The fraction of sp³-hybridized carbons (Fsp3) is 1.00. The van der Waals surface area contributed by atoms with Gasteiger partial charge in [0.1, 0.15) is 12.3 Å². The van der Waals surface area contributed by atoms with Crippen molar-refractivity contribution >= 4 is 15.6 Å². The molecule has 0 spiro atoms. The second-order valence-electron chi connectivity index (χ2n) is 3.35. The second kappa shape index (κ2) is 5.01. The minimum Gasteiger partial charge on any atom is -0.283 e. The predicted octanol–water partition coefficient (Wildman–Crippen LogP) is 1.99. The van der Waals surface area contributed by atoms with Crippen molar-refractivity contribution in [2.24, 2.45) is 0 Å². The molecule has 2 aliphatic heterocycles. The van der Waals surface area contributed by atoms with E-state index in [1.54, 1.807) is 0 Å². The van der Waals surface area contributed by atoms with Gasteiger partial charge in [0.15, 0.2) is 0 Å². The Morgan fingerprint density at radius 2 is 1.12 bits per heavy atom. The number of hydrogen-bond acceptors (Lipinski definition) is 7. The van der Waals surface area contributed by atoms with Crippen LogP contribution >= 0.6 is 15.6 Å². The first kappa shape index (κ1) is 13.5. The van der Waals surface area contributed by atoms with Crippen LogP contribution in [0, 0.1) is 0 Å². The molecule has 0 saturated carbocycles. The number of hydrogen-bond donors (Lipinski definition) is 0. The van der Waals surface area contributed by atoms with Gasteiger partial charge in [0.05, 0.1) is 26.4 Å². The molecule has 0 bridgehead atoms. The van der Waals surface area contributed by atoms with E-state index in [0.29, 0.717) is 0 Å². The molecule has 2 fully saturated rings. The maximum atomic E-state index is 12.6. The maximum Gasteiger partial charge on any atom is 0.483 e. The van der Waals surface area contributed by atoms with Gasteiger partial charge in [-0.1, -0.05) is 0 Å². The summed E-state index contributed by atoms with van der Waals surface area (Å²) in [7, 11) is -8.36. The van der Waals surface area contributed by atoms with Gasteiger partial charge in [-0.2, -0.15) is 4.31 Å². The topological polar surface area (TPSA) is 80.3 Å². The number of phosphoric ester groups is 2. The Kier molecular flexibility index (Phi) is 3.99. The van der Waals surface area contributed by atoms with Crippen LogP contribution < -0.4 is 0 Å². The summed E-state index contributed by atoms with van der Waals surface area (Å²) in [6, 6.07) is 0. The molecule has 0 aromatic rings. The molecule has 0 amide bonds. The summed E-state index contributed by atoms with van der Waals surface area (Å²) >= 11 is 0. The summed E-state index contributed by atoms with van der Waals surface area (Å²) in [4.78, 5) is 0. The zero-order valence-corrected chi connectivity index (χ0v) is 10.3. The van der Waals surface area contributed by atoms with Crippen molar-refractivity contribution in [3.63, 3.8) is 0 Å². The molecule has 0 aromatic heterocycles. The molecule has 2 rings (SSSR count). The molecule has 0 atom stereocenters. The van der Waals surface area contributed by atoms with Crippen molar-refractivity contribution in [2.75, 3.05) is 26.4 Å². The normalized spacial score (nSPS) is 47.9. The lowest BCUT2D eigenvalue weighted by molar-refractivity contribution is 0.0118. The molecular formula is C6H10F2O7P2. The molecule has 0 aliphatic carbocycles. The first-order chi connectivity index (χ1) is 7.91.